The minimum absolute atomic E-state index is 0.741. The standard InChI is InChI=1S/C21H42N2/c1-18(2)6-5-7-20-8-13-22(14-9-20)15-10-21-11-16-23(17-12-21)19(3)4/h18-21H,5-17H2,1-4H3. The highest BCUT2D eigenvalue weighted by atomic mass is 15.2. The summed E-state index contributed by atoms with van der Waals surface area (Å²) in [6, 6.07) is 0.741. The maximum Gasteiger partial charge on any atom is 0.00385 e. The van der Waals surface area contributed by atoms with Crippen molar-refractivity contribution in [3.05, 3.63) is 0 Å². The minimum atomic E-state index is 0.741. The van der Waals surface area contributed by atoms with Crippen LogP contribution < -0.4 is 0 Å². The van der Waals surface area contributed by atoms with Gasteiger partial charge in [-0.25, -0.2) is 0 Å². The van der Waals surface area contributed by atoms with Crippen molar-refractivity contribution in [1.82, 2.24) is 9.80 Å². The van der Waals surface area contributed by atoms with Crippen LogP contribution in [0.4, 0.5) is 0 Å². The van der Waals surface area contributed by atoms with E-state index in [4.69, 9.17) is 0 Å². The lowest BCUT2D eigenvalue weighted by molar-refractivity contribution is 0.125. The van der Waals surface area contributed by atoms with Crippen molar-refractivity contribution in [2.24, 2.45) is 17.8 Å². The Bertz CT molecular complexity index is 297. The van der Waals surface area contributed by atoms with Gasteiger partial charge in [0, 0.05) is 6.04 Å². The summed E-state index contributed by atoms with van der Waals surface area (Å²) in [6.45, 7) is 16.2. The molecule has 2 heterocycles. The summed E-state index contributed by atoms with van der Waals surface area (Å²) in [5.41, 5.74) is 0. The first-order valence-corrected chi connectivity index (χ1v) is 10.5. The molecule has 0 saturated carbocycles. The average molecular weight is 323 g/mol. The fourth-order valence-corrected chi connectivity index (χ4v) is 4.44. The van der Waals surface area contributed by atoms with Gasteiger partial charge >= 0.3 is 0 Å². The monoisotopic (exact) mass is 322 g/mol. The van der Waals surface area contributed by atoms with E-state index in [0.717, 1.165) is 23.8 Å². The molecule has 0 radical (unpaired) electrons. The number of nitrogens with zero attached hydrogens (tertiary/aromatic N) is 2. The molecule has 0 aromatic rings. The summed E-state index contributed by atoms with van der Waals surface area (Å²) < 4.78 is 0. The van der Waals surface area contributed by atoms with Crippen molar-refractivity contribution in [1.29, 1.82) is 0 Å². The molecule has 2 fully saturated rings. The van der Waals surface area contributed by atoms with Crippen LogP contribution in [0.15, 0.2) is 0 Å². The smallest absolute Gasteiger partial charge is 0.00385 e. The van der Waals surface area contributed by atoms with Crippen LogP contribution in [0, 0.1) is 17.8 Å². The van der Waals surface area contributed by atoms with Crippen LogP contribution in [-0.4, -0.2) is 48.6 Å². The first kappa shape index (κ1) is 19.2. The van der Waals surface area contributed by atoms with Gasteiger partial charge in [0.2, 0.25) is 0 Å². The molecule has 2 aliphatic rings. The highest BCUT2D eigenvalue weighted by Gasteiger charge is 2.23. The summed E-state index contributed by atoms with van der Waals surface area (Å²) in [7, 11) is 0. The van der Waals surface area contributed by atoms with E-state index in [-0.39, 0.29) is 0 Å². The Hall–Kier alpha value is -0.0800. The first-order valence-electron chi connectivity index (χ1n) is 10.5. The summed E-state index contributed by atoms with van der Waals surface area (Å²) >= 11 is 0. The van der Waals surface area contributed by atoms with Gasteiger partial charge in [-0.1, -0.05) is 33.1 Å². The van der Waals surface area contributed by atoms with E-state index < -0.39 is 0 Å². The van der Waals surface area contributed by atoms with E-state index in [1.165, 1.54) is 84.1 Å². The molecule has 0 aliphatic carbocycles. The summed E-state index contributed by atoms with van der Waals surface area (Å²) in [6.07, 6.45) is 11.6. The Morgan fingerprint density at radius 3 is 1.91 bits per heavy atom. The molecule has 2 heteroatoms. The van der Waals surface area contributed by atoms with Crippen molar-refractivity contribution >= 4 is 0 Å². The quantitative estimate of drug-likeness (QED) is 0.618. The normalized spacial score (nSPS) is 23.2. The van der Waals surface area contributed by atoms with Gasteiger partial charge < -0.3 is 9.80 Å². The second-order valence-electron chi connectivity index (χ2n) is 8.97. The van der Waals surface area contributed by atoms with E-state index in [1.54, 1.807) is 0 Å². The Morgan fingerprint density at radius 1 is 0.783 bits per heavy atom. The van der Waals surface area contributed by atoms with Gasteiger partial charge in [-0.3, -0.25) is 0 Å². The van der Waals surface area contributed by atoms with E-state index in [1.807, 2.05) is 0 Å². The second kappa shape index (κ2) is 10.0. The first-order chi connectivity index (χ1) is 11.0. The van der Waals surface area contributed by atoms with Crippen LogP contribution in [0.1, 0.15) is 79.1 Å². The van der Waals surface area contributed by atoms with Gasteiger partial charge in [0.05, 0.1) is 0 Å². The van der Waals surface area contributed by atoms with Crippen molar-refractivity contribution in [2.45, 2.75) is 85.1 Å². The maximum atomic E-state index is 2.76. The van der Waals surface area contributed by atoms with Gasteiger partial charge in [-0.15, -0.1) is 0 Å². The Labute approximate surface area is 146 Å². The predicted molar refractivity (Wildman–Crippen MR) is 102 cm³/mol. The van der Waals surface area contributed by atoms with E-state index in [2.05, 4.69) is 37.5 Å². The molecule has 136 valence electrons. The van der Waals surface area contributed by atoms with Crippen molar-refractivity contribution in [2.75, 3.05) is 32.7 Å². The average Bonchev–Trinajstić information content (AvgIpc) is 2.54. The highest BCUT2D eigenvalue weighted by molar-refractivity contribution is 4.77. The third-order valence-corrected chi connectivity index (χ3v) is 6.33. The molecule has 0 unspecified atom stereocenters. The third-order valence-electron chi connectivity index (χ3n) is 6.33. The molecule has 0 N–H and O–H groups in total. The van der Waals surface area contributed by atoms with Crippen molar-refractivity contribution < 1.29 is 0 Å². The fourth-order valence-electron chi connectivity index (χ4n) is 4.44. The molecule has 0 spiro atoms. The van der Waals surface area contributed by atoms with Crippen LogP contribution in [-0.2, 0) is 0 Å². The zero-order chi connectivity index (χ0) is 16.7. The fraction of sp³-hybridized carbons (Fsp3) is 1.00. The number of piperidine rings is 2. The molecule has 2 aliphatic heterocycles. The molecule has 0 amide bonds. The molecule has 2 nitrogen and oxygen atoms in total. The van der Waals surface area contributed by atoms with E-state index >= 15 is 0 Å². The summed E-state index contributed by atoms with van der Waals surface area (Å²) in [5.74, 6) is 2.91. The lowest BCUT2D eigenvalue weighted by atomic mass is 9.89. The molecule has 0 aromatic carbocycles. The van der Waals surface area contributed by atoms with Gasteiger partial charge in [0.25, 0.3) is 0 Å². The molecular formula is C21H42N2. The molecular weight excluding hydrogens is 280 g/mol. The molecule has 0 aromatic heterocycles. The van der Waals surface area contributed by atoms with Crippen LogP contribution in [0.3, 0.4) is 0 Å². The van der Waals surface area contributed by atoms with E-state index in [9.17, 15) is 0 Å². The molecule has 0 atom stereocenters. The predicted octanol–water partition coefficient (Wildman–Crippen LogP) is 5.04. The van der Waals surface area contributed by atoms with Gasteiger partial charge in [0.1, 0.15) is 0 Å². The SMILES string of the molecule is CC(C)CCCC1CCN(CCC2CCN(C(C)C)CC2)CC1. The molecule has 2 rings (SSSR count). The summed E-state index contributed by atoms with van der Waals surface area (Å²) in [5, 5.41) is 0. The molecule has 2 saturated heterocycles. The van der Waals surface area contributed by atoms with Crippen LogP contribution in [0.2, 0.25) is 0 Å². The second-order valence-corrected chi connectivity index (χ2v) is 8.97. The van der Waals surface area contributed by atoms with E-state index in [0.29, 0.717) is 0 Å². The van der Waals surface area contributed by atoms with Crippen LogP contribution in [0.25, 0.3) is 0 Å². The minimum Gasteiger partial charge on any atom is -0.303 e. The Morgan fingerprint density at radius 2 is 1.35 bits per heavy atom. The van der Waals surface area contributed by atoms with Crippen LogP contribution in [0.5, 0.6) is 0 Å². The number of likely N-dealkylation sites (tertiary alicyclic amines) is 2. The maximum absolute atomic E-state index is 2.76. The third kappa shape index (κ3) is 7.13. The highest BCUT2D eigenvalue weighted by Crippen LogP contribution is 2.26. The lowest BCUT2D eigenvalue weighted by Crippen LogP contribution is -2.40. The zero-order valence-electron chi connectivity index (χ0n) is 16.4. The zero-order valence-corrected chi connectivity index (χ0v) is 16.4. The Kier molecular flexibility index (Phi) is 8.40. The Balaban J connectivity index is 1.53. The number of rotatable bonds is 8. The van der Waals surface area contributed by atoms with Gasteiger partial charge in [-0.2, -0.15) is 0 Å². The van der Waals surface area contributed by atoms with Gasteiger partial charge in [-0.05, 0) is 96.4 Å². The van der Waals surface area contributed by atoms with Crippen molar-refractivity contribution in [3.63, 3.8) is 0 Å². The number of hydrogen-bond donors (Lipinski definition) is 0. The number of hydrogen-bond acceptors (Lipinski definition) is 2. The van der Waals surface area contributed by atoms with Crippen LogP contribution >= 0.6 is 0 Å². The van der Waals surface area contributed by atoms with Gasteiger partial charge in [0.15, 0.2) is 0 Å². The molecule has 0 bridgehead atoms. The van der Waals surface area contributed by atoms with Crippen molar-refractivity contribution in [3.8, 4) is 0 Å². The lowest BCUT2D eigenvalue weighted by Gasteiger charge is -2.36. The summed E-state index contributed by atoms with van der Waals surface area (Å²) in [4.78, 5) is 5.41. The largest absolute Gasteiger partial charge is 0.303 e. The molecule has 23 heavy (non-hydrogen) atoms. The topological polar surface area (TPSA) is 6.48 Å².